The average molecular weight is 606 g/mol. The van der Waals surface area contributed by atoms with Crippen molar-refractivity contribution in [2.45, 2.75) is 57.3 Å². The van der Waals surface area contributed by atoms with E-state index in [2.05, 4.69) is 28.4 Å². The first-order valence-electron chi connectivity index (χ1n) is 15.4. The van der Waals surface area contributed by atoms with Gasteiger partial charge in [-0.25, -0.2) is 0 Å². The number of rotatable bonds is 6. The van der Waals surface area contributed by atoms with Crippen molar-refractivity contribution >= 4 is 23.2 Å². The van der Waals surface area contributed by atoms with Crippen LogP contribution in [0.3, 0.4) is 0 Å². The summed E-state index contributed by atoms with van der Waals surface area (Å²) in [5, 5.41) is 3.12. The van der Waals surface area contributed by atoms with E-state index in [4.69, 9.17) is 4.74 Å². The molecule has 1 N–H and O–H groups in total. The van der Waals surface area contributed by atoms with Crippen molar-refractivity contribution < 1.29 is 27.5 Å². The van der Waals surface area contributed by atoms with E-state index in [1.165, 1.54) is 30.2 Å². The lowest BCUT2D eigenvalue weighted by Gasteiger charge is -2.50. The number of carbonyl (C=O) groups is 2. The van der Waals surface area contributed by atoms with Crippen molar-refractivity contribution in [1.29, 1.82) is 0 Å². The average Bonchev–Trinajstić information content (AvgIpc) is 3.03. The molecule has 0 radical (unpaired) electrons. The molecule has 0 aromatic heterocycles. The number of morpholine rings is 1. The van der Waals surface area contributed by atoms with Crippen LogP contribution in [-0.2, 0) is 39.9 Å². The SMILES string of the molecule is CC(=O)N(Cc1ccc(C(F)(F)F)cc1)[C@]1(C(=O)Nc2ccc(N3CCOCC3)cc2)CC[C@@H]2Cc3ccccc3C[C@H]2C1. The van der Waals surface area contributed by atoms with Gasteiger partial charge in [-0.15, -0.1) is 0 Å². The Bertz CT molecular complexity index is 1490. The maximum Gasteiger partial charge on any atom is 0.416 e. The van der Waals surface area contributed by atoms with Crippen LogP contribution in [0.15, 0.2) is 72.8 Å². The van der Waals surface area contributed by atoms with E-state index in [0.717, 1.165) is 50.2 Å². The Kier molecular flexibility index (Phi) is 8.42. The molecule has 44 heavy (non-hydrogen) atoms. The molecule has 3 aliphatic rings. The number of anilines is 2. The van der Waals surface area contributed by atoms with Crippen molar-refractivity contribution in [3.8, 4) is 0 Å². The third kappa shape index (κ3) is 6.20. The lowest BCUT2D eigenvalue weighted by atomic mass is 9.62. The summed E-state index contributed by atoms with van der Waals surface area (Å²) in [6.45, 7) is 4.44. The molecule has 0 unspecified atom stereocenters. The number of hydrogen-bond acceptors (Lipinski definition) is 4. The number of carbonyl (C=O) groups excluding carboxylic acids is 2. The minimum atomic E-state index is -4.45. The number of amides is 2. The van der Waals surface area contributed by atoms with Crippen LogP contribution in [0.5, 0.6) is 0 Å². The van der Waals surface area contributed by atoms with Gasteiger partial charge in [0.05, 0.1) is 18.8 Å². The van der Waals surface area contributed by atoms with Gasteiger partial charge in [0.15, 0.2) is 0 Å². The number of nitrogens with zero attached hydrogens (tertiary/aromatic N) is 2. The number of halogens is 3. The lowest BCUT2D eigenvalue weighted by molar-refractivity contribution is -0.149. The molecular formula is C35H38F3N3O3. The van der Waals surface area contributed by atoms with E-state index in [1.807, 2.05) is 30.3 Å². The molecule has 3 atom stereocenters. The highest BCUT2D eigenvalue weighted by Gasteiger charge is 2.51. The summed E-state index contributed by atoms with van der Waals surface area (Å²) in [4.78, 5) is 31.6. The molecule has 1 saturated carbocycles. The van der Waals surface area contributed by atoms with Crippen molar-refractivity contribution in [1.82, 2.24) is 4.90 Å². The summed E-state index contributed by atoms with van der Waals surface area (Å²) in [7, 11) is 0. The summed E-state index contributed by atoms with van der Waals surface area (Å²) < 4.78 is 45.2. The standard InChI is InChI=1S/C35H38F3N3O3/c1-24(42)41(23-25-6-8-30(9-7-25)35(36,37)38)34(15-14-28-20-26-4-2-3-5-27(26)21-29(28)22-34)33(43)39-31-10-12-32(13-11-31)40-16-18-44-19-17-40/h2-13,28-29H,14-23H2,1H3,(H,39,43)/t28-,29+,34-/m1/s1. The van der Waals surface area contributed by atoms with E-state index < -0.39 is 17.3 Å². The number of benzene rings is 3. The first kappa shape index (κ1) is 30.2. The minimum absolute atomic E-state index is 0.0465. The maximum atomic E-state index is 14.4. The molecule has 0 bridgehead atoms. The highest BCUT2D eigenvalue weighted by Crippen LogP contribution is 2.47. The molecular weight excluding hydrogens is 567 g/mol. The van der Waals surface area contributed by atoms with E-state index >= 15 is 0 Å². The number of ether oxygens (including phenoxy) is 1. The van der Waals surface area contributed by atoms with E-state index in [9.17, 15) is 22.8 Å². The Morgan fingerprint density at radius 2 is 1.57 bits per heavy atom. The Labute approximate surface area is 256 Å². The first-order chi connectivity index (χ1) is 21.1. The second kappa shape index (κ2) is 12.3. The fourth-order valence-corrected chi connectivity index (χ4v) is 7.33. The summed E-state index contributed by atoms with van der Waals surface area (Å²) in [6, 6.07) is 21.0. The predicted molar refractivity (Wildman–Crippen MR) is 163 cm³/mol. The smallest absolute Gasteiger partial charge is 0.378 e. The minimum Gasteiger partial charge on any atom is -0.378 e. The van der Waals surface area contributed by atoms with Crippen LogP contribution in [0, 0.1) is 11.8 Å². The molecule has 3 aromatic rings. The first-order valence-corrected chi connectivity index (χ1v) is 15.4. The molecule has 3 aromatic carbocycles. The van der Waals surface area contributed by atoms with Gasteiger partial charge in [-0.2, -0.15) is 13.2 Å². The van der Waals surface area contributed by atoms with Crippen LogP contribution in [-0.4, -0.2) is 48.6 Å². The number of alkyl halides is 3. The largest absolute Gasteiger partial charge is 0.416 e. The highest BCUT2D eigenvalue weighted by molar-refractivity contribution is 6.00. The van der Waals surface area contributed by atoms with Crippen molar-refractivity contribution in [3.05, 3.63) is 95.1 Å². The van der Waals surface area contributed by atoms with Gasteiger partial charge in [0.2, 0.25) is 11.8 Å². The Hall–Kier alpha value is -3.85. The van der Waals surface area contributed by atoms with Crippen molar-refractivity contribution in [2.24, 2.45) is 11.8 Å². The molecule has 2 aliphatic carbocycles. The van der Waals surface area contributed by atoms with Gasteiger partial charge < -0.3 is 19.9 Å². The van der Waals surface area contributed by atoms with E-state index in [0.29, 0.717) is 43.2 Å². The molecule has 2 fully saturated rings. The monoisotopic (exact) mass is 605 g/mol. The van der Waals surface area contributed by atoms with Crippen LogP contribution in [0.4, 0.5) is 24.5 Å². The second-order valence-electron chi connectivity index (χ2n) is 12.4. The van der Waals surface area contributed by atoms with Gasteiger partial charge in [-0.1, -0.05) is 36.4 Å². The molecule has 9 heteroatoms. The zero-order valence-electron chi connectivity index (χ0n) is 24.9. The molecule has 0 spiro atoms. The third-order valence-electron chi connectivity index (χ3n) is 9.72. The van der Waals surface area contributed by atoms with Gasteiger partial charge in [-0.3, -0.25) is 9.59 Å². The quantitative estimate of drug-likeness (QED) is 0.349. The molecule has 6 rings (SSSR count). The van der Waals surface area contributed by atoms with Gasteiger partial charge in [-0.05, 0) is 97.0 Å². The molecule has 6 nitrogen and oxygen atoms in total. The van der Waals surface area contributed by atoms with E-state index in [-0.39, 0.29) is 24.3 Å². The van der Waals surface area contributed by atoms with Gasteiger partial charge in [0.25, 0.3) is 0 Å². The van der Waals surface area contributed by atoms with Crippen LogP contribution in [0.25, 0.3) is 0 Å². The van der Waals surface area contributed by atoms with Gasteiger partial charge in [0, 0.05) is 37.9 Å². The zero-order valence-corrected chi connectivity index (χ0v) is 24.9. The molecule has 232 valence electrons. The highest BCUT2D eigenvalue weighted by atomic mass is 19.4. The predicted octanol–water partition coefficient (Wildman–Crippen LogP) is 6.48. The normalized spacial score (nSPS) is 23.3. The zero-order chi connectivity index (χ0) is 30.9. The number of fused-ring (bicyclic) bond motifs is 2. The van der Waals surface area contributed by atoms with Crippen molar-refractivity contribution in [3.63, 3.8) is 0 Å². The fourth-order valence-electron chi connectivity index (χ4n) is 7.33. The lowest BCUT2D eigenvalue weighted by Crippen LogP contribution is -2.61. The Morgan fingerprint density at radius 3 is 2.18 bits per heavy atom. The van der Waals surface area contributed by atoms with Crippen LogP contribution < -0.4 is 10.2 Å². The molecule has 1 saturated heterocycles. The summed E-state index contributed by atoms with van der Waals surface area (Å²) in [5.41, 5.74) is 2.97. The van der Waals surface area contributed by atoms with Crippen LogP contribution in [0.2, 0.25) is 0 Å². The van der Waals surface area contributed by atoms with Crippen LogP contribution >= 0.6 is 0 Å². The van der Waals surface area contributed by atoms with Gasteiger partial charge >= 0.3 is 6.18 Å². The van der Waals surface area contributed by atoms with Crippen LogP contribution in [0.1, 0.15) is 48.4 Å². The fraction of sp³-hybridized carbons (Fsp3) is 0.429. The summed E-state index contributed by atoms with van der Waals surface area (Å²) in [6.07, 6.45) is -0.930. The topological polar surface area (TPSA) is 61.9 Å². The third-order valence-corrected chi connectivity index (χ3v) is 9.72. The molecule has 1 heterocycles. The van der Waals surface area contributed by atoms with E-state index in [1.54, 1.807) is 4.90 Å². The molecule has 2 amide bonds. The van der Waals surface area contributed by atoms with Gasteiger partial charge in [0.1, 0.15) is 5.54 Å². The summed E-state index contributed by atoms with van der Waals surface area (Å²) >= 11 is 0. The van der Waals surface area contributed by atoms with Crippen molar-refractivity contribution in [2.75, 3.05) is 36.5 Å². The second-order valence-corrected chi connectivity index (χ2v) is 12.4. The maximum absolute atomic E-state index is 14.4. The Morgan fingerprint density at radius 1 is 0.932 bits per heavy atom. The summed E-state index contributed by atoms with van der Waals surface area (Å²) in [5.74, 6) is 0.0643. The number of hydrogen-bond donors (Lipinski definition) is 1. The number of nitrogens with one attached hydrogen (secondary N) is 1. The molecule has 1 aliphatic heterocycles. The Balaban J connectivity index is 1.30.